The van der Waals surface area contributed by atoms with Crippen LogP contribution in [0.4, 0.5) is 0 Å². The SMILES string of the molecule is COC(=O)CCC(NC(=O)c1cccc(Cn2c3ccccc3c3cc(-c4nn[nH]n4)ccc32)c1)C(=O)OC. The minimum atomic E-state index is -0.976. The number of amides is 1. The molecule has 1 unspecified atom stereocenters. The zero-order chi connectivity index (χ0) is 27.4. The summed E-state index contributed by atoms with van der Waals surface area (Å²) in [5.74, 6) is -1.03. The largest absolute Gasteiger partial charge is 0.469 e. The van der Waals surface area contributed by atoms with Gasteiger partial charge in [0, 0.05) is 45.9 Å². The number of carbonyl (C=O) groups excluding carboxylic acids is 3. The fourth-order valence-electron chi connectivity index (χ4n) is 4.64. The van der Waals surface area contributed by atoms with E-state index < -0.39 is 23.9 Å². The standard InChI is InChI=1S/C28H26N6O5/c1-38-25(35)13-11-22(28(37)39-2)29-27(36)19-7-5-6-17(14-19)16-34-23-9-4-3-8-20(23)21-15-18(10-12-24(21)34)26-30-32-33-31-26/h3-10,12,14-15,22H,11,13,16H2,1-2H3,(H,29,36)(H,30,31,32,33). The molecule has 0 aliphatic rings. The zero-order valence-electron chi connectivity index (χ0n) is 21.4. The van der Waals surface area contributed by atoms with E-state index in [0.29, 0.717) is 17.9 Å². The number of aromatic amines is 1. The minimum Gasteiger partial charge on any atom is -0.469 e. The van der Waals surface area contributed by atoms with Crippen molar-refractivity contribution in [1.29, 1.82) is 0 Å². The normalized spacial score (nSPS) is 11.8. The van der Waals surface area contributed by atoms with Gasteiger partial charge in [0.15, 0.2) is 0 Å². The quantitative estimate of drug-likeness (QED) is 0.279. The van der Waals surface area contributed by atoms with Crippen LogP contribution in [-0.4, -0.2) is 63.3 Å². The molecule has 2 N–H and O–H groups in total. The molecule has 5 aromatic rings. The van der Waals surface area contributed by atoms with Crippen LogP contribution < -0.4 is 5.32 Å². The van der Waals surface area contributed by atoms with Gasteiger partial charge in [0.25, 0.3) is 5.91 Å². The molecule has 11 heteroatoms. The molecule has 198 valence electrons. The average Bonchev–Trinajstić information content (AvgIpc) is 3.62. The Labute approximate surface area is 223 Å². The number of aromatic nitrogens is 5. The third kappa shape index (κ3) is 5.33. The molecule has 11 nitrogen and oxygen atoms in total. The summed E-state index contributed by atoms with van der Waals surface area (Å²) in [6, 6.07) is 20.4. The molecule has 0 bridgehead atoms. The predicted octanol–water partition coefficient (Wildman–Crippen LogP) is 3.25. The van der Waals surface area contributed by atoms with Crippen LogP contribution in [0.15, 0.2) is 66.7 Å². The summed E-state index contributed by atoms with van der Waals surface area (Å²) in [5, 5.41) is 19.1. The van der Waals surface area contributed by atoms with Gasteiger partial charge in [0.2, 0.25) is 5.82 Å². The Morgan fingerprint density at radius 2 is 1.77 bits per heavy atom. The predicted molar refractivity (Wildman–Crippen MR) is 143 cm³/mol. The lowest BCUT2D eigenvalue weighted by molar-refractivity contribution is -0.144. The lowest BCUT2D eigenvalue weighted by Gasteiger charge is -2.16. The first-order chi connectivity index (χ1) is 19.0. The smallest absolute Gasteiger partial charge is 0.328 e. The summed E-state index contributed by atoms with van der Waals surface area (Å²) >= 11 is 0. The van der Waals surface area contributed by atoms with Crippen molar-refractivity contribution in [2.24, 2.45) is 0 Å². The highest BCUT2D eigenvalue weighted by molar-refractivity contribution is 6.09. The highest BCUT2D eigenvalue weighted by Crippen LogP contribution is 2.32. The number of rotatable bonds is 9. The monoisotopic (exact) mass is 526 g/mol. The molecule has 1 amide bonds. The van der Waals surface area contributed by atoms with Gasteiger partial charge in [-0.05, 0) is 53.6 Å². The Morgan fingerprint density at radius 1 is 0.949 bits per heavy atom. The van der Waals surface area contributed by atoms with E-state index in [1.165, 1.54) is 14.2 Å². The third-order valence-electron chi connectivity index (χ3n) is 6.56. The second-order valence-corrected chi connectivity index (χ2v) is 8.94. The number of para-hydroxylation sites is 1. The number of tetrazole rings is 1. The molecule has 0 saturated heterocycles. The average molecular weight is 527 g/mol. The first-order valence-electron chi connectivity index (χ1n) is 12.3. The third-order valence-corrected chi connectivity index (χ3v) is 6.56. The number of benzene rings is 3. The first-order valence-corrected chi connectivity index (χ1v) is 12.3. The van der Waals surface area contributed by atoms with Gasteiger partial charge in [-0.2, -0.15) is 5.21 Å². The Bertz CT molecular complexity index is 1660. The van der Waals surface area contributed by atoms with Crippen molar-refractivity contribution in [3.63, 3.8) is 0 Å². The summed E-state index contributed by atoms with van der Waals surface area (Å²) in [6.07, 6.45) is 0.0385. The van der Waals surface area contributed by atoms with E-state index in [-0.39, 0.29) is 12.8 Å². The van der Waals surface area contributed by atoms with Crippen LogP contribution in [0, 0.1) is 0 Å². The fourth-order valence-corrected chi connectivity index (χ4v) is 4.64. The van der Waals surface area contributed by atoms with Crippen LogP contribution in [-0.2, 0) is 25.6 Å². The number of hydrogen-bond donors (Lipinski definition) is 2. The lowest BCUT2D eigenvalue weighted by atomic mass is 10.1. The number of H-pyrrole nitrogens is 1. The number of nitrogens with zero attached hydrogens (tertiary/aromatic N) is 4. The summed E-state index contributed by atoms with van der Waals surface area (Å²) in [4.78, 5) is 36.8. The maximum absolute atomic E-state index is 13.1. The van der Waals surface area contributed by atoms with Gasteiger partial charge in [0.05, 0.1) is 14.2 Å². The van der Waals surface area contributed by atoms with Crippen LogP contribution in [0.3, 0.4) is 0 Å². The second kappa shape index (κ2) is 11.1. The van der Waals surface area contributed by atoms with Gasteiger partial charge in [0.1, 0.15) is 6.04 Å². The molecule has 1 atom stereocenters. The van der Waals surface area contributed by atoms with Crippen molar-refractivity contribution in [2.45, 2.75) is 25.4 Å². The zero-order valence-corrected chi connectivity index (χ0v) is 21.4. The number of nitrogens with one attached hydrogen (secondary N) is 2. The van der Waals surface area contributed by atoms with Gasteiger partial charge in [-0.25, -0.2) is 4.79 Å². The van der Waals surface area contributed by atoms with Crippen molar-refractivity contribution >= 4 is 39.7 Å². The van der Waals surface area contributed by atoms with E-state index in [9.17, 15) is 14.4 Å². The molecule has 39 heavy (non-hydrogen) atoms. The molecule has 0 aliphatic carbocycles. The van der Waals surface area contributed by atoms with E-state index in [1.807, 2.05) is 36.4 Å². The number of fused-ring (bicyclic) bond motifs is 3. The number of ether oxygens (including phenoxy) is 2. The van der Waals surface area contributed by atoms with Crippen molar-refractivity contribution in [3.05, 3.63) is 77.9 Å². The van der Waals surface area contributed by atoms with Crippen LogP contribution in [0.2, 0.25) is 0 Å². The van der Waals surface area contributed by atoms with E-state index in [1.54, 1.807) is 18.2 Å². The van der Waals surface area contributed by atoms with Gasteiger partial charge in [-0.1, -0.05) is 30.3 Å². The minimum absolute atomic E-state index is 0.0290. The maximum Gasteiger partial charge on any atom is 0.328 e. The van der Waals surface area contributed by atoms with Gasteiger partial charge >= 0.3 is 11.9 Å². The van der Waals surface area contributed by atoms with Crippen molar-refractivity contribution in [3.8, 4) is 11.4 Å². The molecule has 0 radical (unpaired) electrons. The Kier molecular flexibility index (Phi) is 7.30. The summed E-state index contributed by atoms with van der Waals surface area (Å²) in [7, 11) is 2.50. The molecule has 0 fully saturated rings. The van der Waals surface area contributed by atoms with E-state index >= 15 is 0 Å². The number of methoxy groups -OCH3 is 2. The first kappa shape index (κ1) is 25.6. The topological polar surface area (TPSA) is 141 Å². The molecule has 2 heterocycles. The number of carbonyl (C=O) groups is 3. The van der Waals surface area contributed by atoms with Crippen LogP contribution in [0.25, 0.3) is 33.2 Å². The summed E-state index contributed by atoms with van der Waals surface area (Å²) < 4.78 is 11.6. The summed E-state index contributed by atoms with van der Waals surface area (Å²) in [5.41, 5.74) is 4.20. The highest BCUT2D eigenvalue weighted by Gasteiger charge is 2.23. The number of hydrogen-bond acceptors (Lipinski definition) is 8. The second-order valence-electron chi connectivity index (χ2n) is 8.94. The van der Waals surface area contributed by atoms with Gasteiger partial charge in [-0.3, -0.25) is 9.59 Å². The van der Waals surface area contributed by atoms with Crippen molar-refractivity contribution < 1.29 is 23.9 Å². The highest BCUT2D eigenvalue weighted by atomic mass is 16.5. The van der Waals surface area contributed by atoms with E-state index in [0.717, 1.165) is 32.9 Å². The Balaban J connectivity index is 1.43. The lowest BCUT2D eigenvalue weighted by Crippen LogP contribution is -2.41. The molecule has 2 aromatic heterocycles. The molecule has 3 aromatic carbocycles. The molecule has 0 saturated carbocycles. The molecule has 0 aliphatic heterocycles. The molecular weight excluding hydrogens is 500 g/mol. The van der Waals surface area contributed by atoms with Crippen LogP contribution in [0.1, 0.15) is 28.8 Å². The van der Waals surface area contributed by atoms with Crippen LogP contribution in [0.5, 0.6) is 0 Å². The molecule has 5 rings (SSSR count). The van der Waals surface area contributed by atoms with Gasteiger partial charge < -0.3 is 19.4 Å². The summed E-state index contributed by atoms with van der Waals surface area (Å²) in [6.45, 7) is 0.509. The Morgan fingerprint density at radius 3 is 2.54 bits per heavy atom. The maximum atomic E-state index is 13.1. The van der Waals surface area contributed by atoms with Crippen LogP contribution >= 0.6 is 0 Å². The van der Waals surface area contributed by atoms with Crippen molar-refractivity contribution in [2.75, 3.05) is 14.2 Å². The Hall–Kier alpha value is -5.06. The van der Waals surface area contributed by atoms with Gasteiger partial charge in [-0.15, -0.1) is 10.2 Å². The fraction of sp³-hybridized carbons (Fsp3) is 0.214. The van der Waals surface area contributed by atoms with E-state index in [4.69, 9.17) is 4.74 Å². The van der Waals surface area contributed by atoms with E-state index in [2.05, 4.69) is 47.4 Å². The molecular formula is C28H26N6O5. The number of esters is 2. The van der Waals surface area contributed by atoms with Crippen molar-refractivity contribution in [1.82, 2.24) is 30.5 Å². The molecule has 0 spiro atoms.